The lowest BCUT2D eigenvalue weighted by Crippen LogP contribution is -2.27. The second-order valence-electron chi connectivity index (χ2n) is 5.75. The Labute approximate surface area is 113 Å². The van der Waals surface area contributed by atoms with E-state index in [2.05, 4.69) is 5.32 Å². The van der Waals surface area contributed by atoms with Gasteiger partial charge in [-0.3, -0.25) is 4.79 Å². The molecule has 0 heterocycles. The Kier molecular flexibility index (Phi) is 3.06. The predicted octanol–water partition coefficient (Wildman–Crippen LogP) is 4.02. The zero-order chi connectivity index (χ0) is 12.7. The number of rotatable bonds is 2. The Morgan fingerprint density at radius 1 is 1.33 bits per heavy atom. The number of benzene rings is 1. The predicted molar refractivity (Wildman–Crippen MR) is 73.8 cm³/mol. The van der Waals surface area contributed by atoms with Crippen LogP contribution in [0.2, 0.25) is 5.02 Å². The third kappa shape index (κ3) is 2.14. The SMILES string of the molecule is Cc1ccc(NC(=O)[C@H]2C[C@H]3CC[C@H]2C3)c(Cl)c1. The lowest BCUT2D eigenvalue weighted by Gasteiger charge is -2.21. The fourth-order valence-corrected chi connectivity index (χ4v) is 3.80. The van der Waals surface area contributed by atoms with Crippen molar-refractivity contribution in [1.82, 2.24) is 0 Å². The minimum absolute atomic E-state index is 0.160. The van der Waals surface area contributed by atoms with Crippen LogP contribution in [0.5, 0.6) is 0 Å². The van der Waals surface area contributed by atoms with Gasteiger partial charge in [0.05, 0.1) is 10.7 Å². The molecule has 1 aromatic rings. The minimum atomic E-state index is 0.160. The fraction of sp³-hybridized carbons (Fsp3) is 0.533. The number of hydrogen-bond acceptors (Lipinski definition) is 1. The molecule has 1 aromatic carbocycles. The van der Waals surface area contributed by atoms with E-state index in [1.165, 1.54) is 19.3 Å². The molecule has 0 unspecified atom stereocenters. The summed E-state index contributed by atoms with van der Waals surface area (Å²) in [5.41, 5.74) is 1.85. The van der Waals surface area contributed by atoms with Crippen molar-refractivity contribution in [3.63, 3.8) is 0 Å². The standard InChI is InChI=1S/C15H18ClNO/c1-9-2-5-14(13(16)6-9)17-15(18)12-8-10-3-4-11(12)7-10/h2,5-6,10-12H,3-4,7-8H2,1H3,(H,17,18)/t10-,11-,12-/m0/s1. The van der Waals surface area contributed by atoms with Gasteiger partial charge in [-0.1, -0.05) is 24.1 Å². The number of hydrogen-bond donors (Lipinski definition) is 1. The smallest absolute Gasteiger partial charge is 0.227 e. The summed E-state index contributed by atoms with van der Waals surface area (Å²) in [6, 6.07) is 5.75. The van der Waals surface area contributed by atoms with Crippen molar-refractivity contribution in [2.24, 2.45) is 17.8 Å². The van der Waals surface area contributed by atoms with Gasteiger partial charge in [0.15, 0.2) is 0 Å². The number of halogens is 1. The third-order valence-corrected chi connectivity index (χ3v) is 4.77. The van der Waals surface area contributed by atoms with Crippen molar-refractivity contribution in [2.75, 3.05) is 5.32 Å². The van der Waals surface area contributed by atoms with Crippen LogP contribution in [0.4, 0.5) is 5.69 Å². The van der Waals surface area contributed by atoms with Gasteiger partial charge in [0.2, 0.25) is 5.91 Å². The Morgan fingerprint density at radius 3 is 2.78 bits per heavy atom. The quantitative estimate of drug-likeness (QED) is 0.858. The van der Waals surface area contributed by atoms with Crippen molar-refractivity contribution in [1.29, 1.82) is 0 Å². The second-order valence-corrected chi connectivity index (χ2v) is 6.16. The molecular weight excluding hydrogens is 246 g/mol. The molecule has 0 aliphatic heterocycles. The molecule has 2 fully saturated rings. The Balaban J connectivity index is 1.71. The zero-order valence-electron chi connectivity index (χ0n) is 10.6. The van der Waals surface area contributed by atoms with E-state index in [4.69, 9.17) is 11.6 Å². The van der Waals surface area contributed by atoms with Crippen LogP contribution in [0.25, 0.3) is 0 Å². The van der Waals surface area contributed by atoms with Crippen LogP contribution in [0.3, 0.4) is 0 Å². The molecule has 1 amide bonds. The van der Waals surface area contributed by atoms with E-state index in [0.717, 1.165) is 23.6 Å². The monoisotopic (exact) mass is 263 g/mol. The van der Waals surface area contributed by atoms with E-state index in [-0.39, 0.29) is 11.8 Å². The molecule has 3 atom stereocenters. The largest absolute Gasteiger partial charge is 0.325 e. The van der Waals surface area contributed by atoms with Gasteiger partial charge in [-0.05, 0) is 55.7 Å². The van der Waals surface area contributed by atoms with Gasteiger partial charge < -0.3 is 5.32 Å². The summed E-state index contributed by atoms with van der Waals surface area (Å²) in [5.74, 6) is 1.77. The molecule has 2 saturated carbocycles. The Morgan fingerprint density at radius 2 is 2.17 bits per heavy atom. The van der Waals surface area contributed by atoms with Gasteiger partial charge in [-0.2, -0.15) is 0 Å². The molecule has 3 heteroatoms. The van der Waals surface area contributed by atoms with Crippen molar-refractivity contribution in [3.05, 3.63) is 28.8 Å². The normalized spacial score (nSPS) is 29.6. The number of carbonyl (C=O) groups excluding carboxylic acids is 1. The van der Waals surface area contributed by atoms with E-state index in [1.807, 2.05) is 25.1 Å². The molecule has 2 bridgehead atoms. The lowest BCUT2D eigenvalue weighted by atomic mass is 9.88. The molecule has 1 N–H and O–H groups in total. The minimum Gasteiger partial charge on any atom is -0.325 e. The first-order chi connectivity index (χ1) is 8.63. The van der Waals surface area contributed by atoms with E-state index < -0.39 is 0 Å². The summed E-state index contributed by atoms with van der Waals surface area (Å²) in [6.45, 7) is 1.99. The number of carbonyl (C=O) groups is 1. The molecule has 0 spiro atoms. The molecular formula is C15H18ClNO. The van der Waals surface area contributed by atoms with Gasteiger partial charge in [0, 0.05) is 5.92 Å². The maximum atomic E-state index is 12.3. The van der Waals surface area contributed by atoms with Gasteiger partial charge >= 0.3 is 0 Å². The van der Waals surface area contributed by atoms with E-state index in [9.17, 15) is 4.79 Å². The van der Waals surface area contributed by atoms with Crippen LogP contribution in [-0.4, -0.2) is 5.91 Å². The van der Waals surface area contributed by atoms with Crippen LogP contribution < -0.4 is 5.32 Å². The number of nitrogens with one attached hydrogen (secondary N) is 1. The molecule has 18 heavy (non-hydrogen) atoms. The van der Waals surface area contributed by atoms with Gasteiger partial charge in [0.1, 0.15) is 0 Å². The summed E-state index contributed by atoms with van der Waals surface area (Å²) in [7, 11) is 0. The summed E-state index contributed by atoms with van der Waals surface area (Å²) in [6.07, 6.45) is 4.86. The van der Waals surface area contributed by atoms with Gasteiger partial charge in [-0.15, -0.1) is 0 Å². The van der Waals surface area contributed by atoms with Gasteiger partial charge in [0.25, 0.3) is 0 Å². The van der Waals surface area contributed by atoms with Crippen LogP contribution in [0.1, 0.15) is 31.2 Å². The molecule has 0 radical (unpaired) electrons. The summed E-state index contributed by atoms with van der Waals surface area (Å²) >= 11 is 6.14. The topological polar surface area (TPSA) is 29.1 Å². The van der Waals surface area contributed by atoms with Gasteiger partial charge in [-0.25, -0.2) is 0 Å². The maximum absolute atomic E-state index is 12.3. The lowest BCUT2D eigenvalue weighted by molar-refractivity contribution is -0.121. The highest BCUT2D eigenvalue weighted by molar-refractivity contribution is 6.33. The summed E-state index contributed by atoms with van der Waals surface area (Å²) < 4.78 is 0. The van der Waals surface area contributed by atoms with Crippen LogP contribution >= 0.6 is 11.6 Å². The van der Waals surface area contributed by atoms with Crippen molar-refractivity contribution in [2.45, 2.75) is 32.6 Å². The first kappa shape index (κ1) is 12.0. The number of amides is 1. The maximum Gasteiger partial charge on any atom is 0.227 e. The highest BCUT2D eigenvalue weighted by Gasteiger charge is 2.43. The number of aryl methyl sites for hydroxylation is 1. The zero-order valence-corrected chi connectivity index (χ0v) is 11.3. The van der Waals surface area contributed by atoms with E-state index in [1.54, 1.807) is 0 Å². The van der Waals surface area contributed by atoms with Crippen molar-refractivity contribution >= 4 is 23.2 Å². The Bertz CT molecular complexity index is 485. The second kappa shape index (κ2) is 4.58. The molecule has 96 valence electrons. The van der Waals surface area contributed by atoms with Crippen LogP contribution in [-0.2, 0) is 4.79 Å². The molecule has 2 aliphatic rings. The molecule has 3 rings (SSSR count). The van der Waals surface area contributed by atoms with E-state index >= 15 is 0 Å². The Hall–Kier alpha value is -1.02. The van der Waals surface area contributed by atoms with Crippen LogP contribution in [0, 0.1) is 24.7 Å². The summed E-state index contributed by atoms with van der Waals surface area (Å²) in [4.78, 5) is 12.3. The fourth-order valence-electron chi connectivity index (χ4n) is 3.51. The third-order valence-electron chi connectivity index (χ3n) is 4.46. The number of anilines is 1. The average Bonchev–Trinajstić information content (AvgIpc) is 2.94. The molecule has 2 nitrogen and oxygen atoms in total. The van der Waals surface area contributed by atoms with E-state index in [0.29, 0.717) is 10.9 Å². The highest BCUT2D eigenvalue weighted by atomic mass is 35.5. The van der Waals surface area contributed by atoms with Crippen molar-refractivity contribution < 1.29 is 4.79 Å². The average molecular weight is 264 g/mol. The number of fused-ring (bicyclic) bond motifs is 2. The molecule has 2 aliphatic carbocycles. The van der Waals surface area contributed by atoms with Crippen molar-refractivity contribution in [3.8, 4) is 0 Å². The van der Waals surface area contributed by atoms with Crippen LogP contribution in [0.15, 0.2) is 18.2 Å². The summed E-state index contributed by atoms with van der Waals surface area (Å²) in [5, 5.41) is 3.62. The molecule has 0 saturated heterocycles. The molecule has 0 aromatic heterocycles. The first-order valence-electron chi connectivity index (χ1n) is 6.70. The first-order valence-corrected chi connectivity index (χ1v) is 7.08. The highest BCUT2D eigenvalue weighted by Crippen LogP contribution is 2.48.